The van der Waals surface area contributed by atoms with Crippen LogP contribution in [0, 0.1) is 5.92 Å². The number of nitrogens with zero attached hydrogens (tertiary/aromatic N) is 2. The van der Waals surface area contributed by atoms with Gasteiger partial charge in [0.2, 0.25) is 11.8 Å². The summed E-state index contributed by atoms with van der Waals surface area (Å²) in [7, 11) is 0. The van der Waals surface area contributed by atoms with Gasteiger partial charge >= 0.3 is 0 Å². The van der Waals surface area contributed by atoms with E-state index in [4.69, 9.17) is 5.73 Å². The van der Waals surface area contributed by atoms with Crippen molar-refractivity contribution >= 4 is 11.8 Å². The van der Waals surface area contributed by atoms with E-state index in [0.717, 1.165) is 13.0 Å². The number of nitrogens with two attached hydrogens (primary N) is 1. The molecular weight excluding hydrogens is 230 g/mol. The molecule has 5 heteroatoms. The van der Waals surface area contributed by atoms with Crippen LogP contribution in [0.5, 0.6) is 0 Å². The van der Waals surface area contributed by atoms with Gasteiger partial charge in [0, 0.05) is 32.6 Å². The number of carbonyl (C=O) groups is 2. The molecule has 0 aliphatic carbocycles. The second-order valence-corrected chi connectivity index (χ2v) is 5.18. The molecule has 0 saturated carbocycles. The second kappa shape index (κ2) is 6.73. The largest absolute Gasteiger partial charge is 0.341 e. The zero-order valence-corrected chi connectivity index (χ0v) is 11.7. The maximum atomic E-state index is 12.1. The summed E-state index contributed by atoms with van der Waals surface area (Å²) in [6.07, 6.45) is 1.36. The highest BCUT2D eigenvalue weighted by Crippen LogP contribution is 2.09. The van der Waals surface area contributed by atoms with Gasteiger partial charge in [0.25, 0.3) is 0 Å². The molecule has 1 aliphatic rings. The van der Waals surface area contributed by atoms with Crippen LogP contribution in [0.3, 0.4) is 0 Å². The third-order valence-corrected chi connectivity index (χ3v) is 3.47. The molecule has 0 unspecified atom stereocenters. The molecule has 2 amide bonds. The highest BCUT2D eigenvalue weighted by atomic mass is 16.2. The Bertz CT molecular complexity index is 305. The fourth-order valence-electron chi connectivity index (χ4n) is 2.11. The van der Waals surface area contributed by atoms with E-state index in [-0.39, 0.29) is 17.7 Å². The van der Waals surface area contributed by atoms with Crippen molar-refractivity contribution in [3.63, 3.8) is 0 Å². The summed E-state index contributed by atoms with van der Waals surface area (Å²) in [5, 5.41) is 0. The number of carbonyl (C=O) groups excluding carboxylic acids is 2. The Morgan fingerprint density at radius 3 is 2.22 bits per heavy atom. The van der Waals surface area contributed by atoms with Crippen LogP contribution in [0.15, 0.2) is 0 Å². The summed E-state index contributed by atoms with van der Waals surface area (Å²) in [5.74, 6) is 0.322. The van der Waals surface area contributed by atoms with E-state index in [1.54, 1.807) is 4.90 Å². The standard InChI is InChI=1S/C13H25N3O2/c1-4-11(17)15-6-5-7-16(9-8-15)13(18)12(14)10(2)3/h10,12H,4-9,14H2,1-3H3/t12-/m1/s1. The topological polar surface area (TPSA) is 66.6 Å². The monoisotopic (exact) mass is 255 g/mol. The van der Waals surface area contributed by atoms with Gasteiger partial charge in [-0.25, -0.2) is 0 Å². The molecule has 1 fully saturated rings. The minimum Gasteiger partial charge on any atom is -0.341 e. The van der Waals surface area contributed by atoms with Crippen LogP contribution in [0.4, 0.5) is 0 Å². The first-order chi connectivity index (χ1) is 8.47. The summed E-state index contributed by atoms with van der Waals surface area (Å²) >= 11 is 0. The average Bonchev–Trinajstić information content (AvgIpc) is 2.61. The molecule has 0 aromatic carbocycles. The third-order valence-electron chi connectivity index (χ3n) is 3.47. The van der Waals surface area contributed by atoms with Crippen molar-refractivity contribution in [1.29, 1.82) is 0 Å². The van der Waals surface area contributed by atoms with Gasteiger partial charge < -0.3 is 15.5 Å². The summed E-state index contributed by atoms with van der Waals surface area (Å²) in [5.41, 5.74) is 5.89. The second-order valence-electron chi connectivity index (χ2n) is 5.18. The quantitative estimate of drug-likeness (QED) is 0.796. The van der Waals surface area contributed by atoms with E-state index in [1.807, 2.05) is 25.7 Å². The van der Waals surface area contributed by atoms with Crippen molar-refractivity contribution < 1.29 is 9.59 Å². The molecule has 18 heavy (non-hydrogen) atoms. The lowest BCUT2D eigenvalue weighted by Crippen LogP contribution is -2.47. The van der Waals surface area contributed by atoms with E-state index in [2.05, 4.69) is 0 Å². The molecule has 1 rings (SSSR count). The Balaban J connectivity index is 2.56. The van der Waals surface area contributed by atoms with Crippen LogP contribution in [0.1, 0.15) is 33.6 Å². The Kier molecular flexibility index (Phi) is 5.59. The molecule has 0 bridgehead atoms. The Morgan fingerprint density at radius 1 is 1.11 bits per heavy atom. The van der Waals surface area contributed by atoms with Crippen LogP contribution in [-0.2, 0) is 9.59 Å². The normalized spacial score (nSPS) is 18.7. The van der Waals surface area contributed by atoms with Crippen LogP contribution in [0.25, 0.3) is 0 Å². The summed E-state index contributed by atoms with van der Waals surface area (Å²) < 4.78 is 0. The predicted molar refractivity (Wildman–Crippen MR) is 70.9 cm³/mol. The zero-order chi connectivity index (χ0) is 13.7. The number of amides is 2. The van der Waals surface area contributed by atoms with Crippen molar-refractivity contribution in [1.82, 2.24) is 9.80 Å². The summed E-state index contributed by atoms with van der Waals surface area (Å²) in [6.45, 7) is 8.44. The molecule has 0 aromatic heterocycles. The highest BCUT2D eigenvalue weighted by molar-refractivity contribution is 5.82. The maximum Gasteiger partial charge on any atom is 0.239 e. The van der Waals surface area contributed by atoms with Gasteiger partial charge in [-0.05, 0) is 12.3 Å². The van der Waals surface area contributed by atoms with Crippen molar-refractivity contribution in [3.8, 4) is 0 Å². The number of hydrogen-bond donors (Lipinski definition) is 1. The third kappa shape index (κ3) is 3.70. The van der Waals surface area contributed by atoms with Crippen molar-refractivity contribution in [2.75, 3.05) is 26.2 Å². The van der Waals surface area contributed by atoms with E-state index >= 15 is 0 Å². The fourth-order valence-corrected chi connectivity index (χ4v) is 2.11. The van der Waals surface area contributed by atoms with E-state index in [1.165, 1.54) is 0 Å². The Labute approximate surface area is 109 Å². The molecule has 1 aliphatic heterocycles. The molecule has 1 atom stereocenters. The molecule has 104 valence electrons. The number of rotatable bonds is 3. The van der Waals surface area contributed by atoms with Crippen LogP contribution in [-0.4, -0.2) is 53.8 Å². The molecule has 0 aromatic rings. The number of hydrogen-bond acceptors (Lipinski definition) is 3. The zero-order valence-electron chi connectivity index (χ0n) is 11.7. The lowest BCUT2D eigenvalue weighted by Gasteiger charge is -2.26. The summed E-state index contributed by atoms with van der Waals surface area (Å²) in [4.78, 5) is 27.4. The van der Waals surface area contributed by atoms with Gasteiger partial charge in [0.15, 0.2) is 0 Å². The minimum atomic E-state index is -0.432. The first-order valence-electron chi connectivity index (χ1n) is 6.79. The van der Waals surface area contributed by atoms with E-state index < -0.39 is 6.04 Å². The SMILES string of the molecule is CCC(=O)N1CCCN(C(=O)[C@H](N)C(C)C)CC1. The van der Waals surface area contributed by atoms with Gasteiger partial charge in [0.1, 0.15) is 0 Å². The molecule has 2 N–H and O–H groups in total. The molecule has 5 nitrogen and oxygen atoms in total. The first-order valence-corrected chi connectivity index (χ1v) is 6.79. The fraction of sp³-hybridized carbons (Fsp3) is 0.846. The minimum absolute atomic E-state index is 0.01000. The smallest absolute Gasteiger partial charge is 0.239 e. The van der Waals surface area contributed by atoms with Gasteiger partial charge in [-0.3, -0.25) is 9.59 Å². The van der Waals surface area contributed by atoms with Crippen molar-refractivity contribution in [2.45, 2.75) is 39.7 Å². The molecule has 1 saturated heterocycles. The average molecular weight is 255 g/mol. The van der Waals surface area contributed by atoms with Gasteiger partial charge in [-0.15, -0.1) is 0 Å². The molecule has 0 spiro atoms. The Hall–Kier alpha value is -1.10. The molecule has 1 heterocycles. The van der Waals surface area contributed by atoms with Crippen molar-refractivity contribution in [3.05, 3.63) is 0 Å². The summed E-state index contributed by atoms with van der Waals surface area (Å²) in [6, 6.07) is -0.432. The maximum absolute atomic E-state index is 12.1. The first kappa shape index (κ1) is 15.0. The van der Waals surface area contributed by atoms with Crippen LogP contribution < -0.4 is 5.73 Å². The van der Waals surface area contributed by atoms with E-state index in [9.17, 15) is 9.59 Å². The molecular formula is C13H25N3O2. The van der Waals surface area contributed by atoms with Crippen LogP contribution >= 0.6 is 0 Å². The lowest BCUT2D eigenvalue weighted by atomic mass is 10.0. The highest BCUT2D eigenvalue weighted by Gasteiger charge is 2.26. The molecule has 0 radical (unpaired) electrons. The van der Waals surface area contributed by atoms with Gasteiger partial charge in [-0.2, -0.15) is 0 Å². The van der Waals surface area contributed by atoms with Gasteiger partial charge in [0.05, 0.1) is 6.04 Å². The van der Waals surface area contributed by atoms with Crippen molar-refractivity contribution in [2.24, 2.45) is 11.7 Å². The van der Waals surface area contributed by atoms with Gasteiger partial charge in [-0.1, -0.05) is 20.8 Å². The predicted octanol–water partition coefficient (Wildman–Crippen LogP) is 0.441. The van der Waals surface area contributed by atoms with E-state index in [0.29, 0.717) is 26.1 Å². The Morgan fingerprint density at radius 2 is 1.67 bits per heavy atom. The van der Waals surface area contributed by atoms with Crippen LogP contribution in [0.2, 0.25) is 0 Å². The lowest BCUT2D eigenvalue weighted by molar-refractivity contribution is -0.134.